The maximum Gasteiger partial charge on any atom is 0.350 e. The Bertz CT molecular complexity index is 1430. The number of rotatable bonds is 10. The normalized spacial score (nSPS) is 16.6. The van der Waals surface area contributed by atoms with Gasteiger partial charge in [0.05, 0.1) is 30.5 Å². The number of halogens is 1. The Hall–Kier alpha value is -3.50. The third kappa shape index (κ3) is 6.28. The van der Waals surface area contributed by atoms with Gasteiger partial charge in [0.15, 0.2) is 5.13 Å². The molecule has 0 bridgehead atoms. The number of hydrogen-bond donors (Lipinski definition) is 1. The summed E-state index contributed by atoms with van der Waals surface area (Å²) in [5, 5.41) is 11.5. The van der Waals surface area contributed by atoms with Crippen molar-refractivity contribution in [2.24, 2.45) is 5.92 Å². The summed E-state index contributed by atoms with van der Waals surface area (Å²) in [6, 6.07) is 12.9. The number of esters is 1. The molecule has 1 aromatic heterocycles. The molecule has 210 valence electrons. The second kappa shape index (κ2) is 12.8. The largest absolute Gasteiger partial charge is 0.507 e. The topological polar surface area (TPSA) is 106 Å². The van der Waals surface area contributed by atoms with E-state index in [4.69, 9.17) is 9.47 Å². The first-order chi connectivity index (χ1) is 19.1. The number of anilines is 1. The fourth-order valence-corrected chi connectivity index (χ4v) is 5.42. The van der Waals surface area contributed by atoms with E-state index in [2.05, 4.69) is 27.8 Å². The minimum Gasteiger partial charge on any atom is -0.507 e. The number of nitrogens with zero attached hydrogens (tertiary/aromatic N) is 2. The van der Waals surface area contributed by atoms with Crippen LogP contribution in [0, 0.1) is 12.8 Å². The van der Waals surface area contributed by atoms with Gasteiger partial charge in [0, 0.05) is 10.0 Å². The molecule has 10 heteroatoms. The van der Waals surface area contributed by atoms with Gasteiger partial charge >= 0.3 is 11.9 Å². The van der Waals surface area contributed by atoms with Crippen molar-refractivity contribution in [1.82, 2.24) is 4.98 Å². The Balaban J connectivity index is 1.77. The minimum atomic E-state index is -0.960. The van der Waals surface area contributed by atoms with E-state index >= 15 is 0 Å². The summed E-state index contributed by atoms with van der Waals surface area (Å²) in [6.07, 6.45) is 1.93. The average Bonchev–Trinajstić information content (AvgIpc) is 3.44. The number of aliphatic hydroxyl groups excluding tert-OH is 1. The van der Waals surface area contributed by atoms with Crippen molar-refractivity contribution in [2.45, 2.75) is 46.6 Å². The van der Waals surface area contributed by atoms with Gasteiger partial charge in [-0.1, -0.05) is 66.6 Å². The zero-order valence-electron chi connectivity index (χ0n) is 22.8. The molecule has 1 N–H and O–H groups in total. The van der Waals surface area contributed by atoms with Crippen LogP contribution in [0.4, 0.5) is 5.13 Å². The van der Waals surface area contributed by atoms with Crippen molar-refractivity contribution in [1.29, 1.82) is 0 Å². The summed E-state index contributed by atoms with van der Waals surface area (Å²) in [5.74, 6) is -1.73. The summed E-state index contributed by atoms with van der Waals surface area (Å²) in [4.78, 5) is 45.6. The molecule has 0 spiro atoms. The van der Waals surface area contributed by atoms with Crippen LogP contribution in [0.15, 0.2) is 58.6 Å². The van der Waals surface area contributed by atoms with E-state index in [-0.39, 0.29) is 33.9 Å². The Morgan fingerprint density at radius 2 is 1.80 bits per heavy atom. The van der Waals surface area contributed by atoms with Gasteiger partial charge in [-0.3, -0.25) is 14.5 Å². The van der Waals surface area contributed by atoms with Crippen molar-refractivity contribution in [3.05, 3.63) is 80.3 Å². The molecule has 1 saturated heterocycles. The summed E-state index contributed by atoms with van der Waals surface area (Å²) in [5.41, 5.74) is 1.30. The molecule has 4 rings (SSSR count). The first kappa shape index (κ1) is 29.5. The molecule has 0 saturated carbocycles. The highest BCUT2D eigenvalue weighted by molar-refractivity contribution is 9.10. The highest BCUT2D eigenvalue weighted by Crippen LogP contribution is 2.44. The Morgan fingerprint density at radius 1 is 1.12 bits per heavy atom. The maximum atomic E-state index is 13.5. The van der Waals surface area contributed by atoms with Crippen LogP contribution in [0.1, 0.15) is 66.1 Å². The number of carbonyl (C=O) groups is 3. The third-order valence-electron chi connectivity index (χ3n) is 6.25. The number of aryl methyl sites for hydroxylation is 1. The second-order valence-corrected chi connectivity index (χ2v) is 11.7. The SMILES string of the molecule is CCCCOc1ccc(/C(O)=C2\C(=O)C(=O)N(c3nc(C)c(C(=O)OCC(C)C)s3)C2c2ccc(Br)cc2)cc1. The van der Waals surface area contributed by atoms with Gasteiger partial charge in [-0.05, 0) is 61.2 Å². The van der Waals surface area contributed by atoms with Crippen molar-refractivity contribution < 1.29 is 29.0 Å². The van der Waals surface area contributed by atoms with Crippen LogP contribution < -0.4 is 9.64 Å². The molecular formula is C30H31BrN2O6S. The average molecular weight is 628 g/mol. The number of hydrogen-bond acceptors (Lipinski definition) is 8. The summed E-state index contributed by atoms with van der Waals surface area (Å²) >= 11 is 4.40. The Labute approximate surface area is 245 Å². The lowest BCUT2D eigenvalue weighted by Crippen LogP contribution is -2.29. The number of Topliss-reactive ketones (excluding diaryl/α,β-unsaturated/α-hetero) is 1. The molecule has 1 amide bonds. The van der Waals surface area contributed by atoms with E-state index < -0.39 is 23.7 Å². The standard InChI is InChI=1S/C30H31BrN2O6S/c1-5-6-15-38-22-13-9-20(10-14-22)25(34)23-24(19-7-11-21(31)12-8-19)33(28(36)26(23)35)30-32-18(4)27(40-30)29(37)39-16-17(2)3/h7-14,17,24,34H,5-6,15-16H2,1-4H3/b25-23+. The molecule has 0 radical (unpaired) electrons. The molecule has 2 heterocycles. The Kier molecular flexibility index (Phi) is 9.42. The molecule has 1 aliphatic rings. The number of aromatic nitrogens is 1. The molecule has 0 aliphatic carbocycles. The van der Waals surface area contributed by atoms with E-state index in [9.17, 15) is 19.5 Å². The van der Waals surface area contributed by atoms with Crippen LogP contribution in [0.3, 0.4) is 0 Å². The highest BCUT2D eigenvalue weighted by Gasteiger charge is 2.48. The van der Waals surface area contributed by atoms with Crippen LogP contribution in [-0.4, -0.2) is 41.0 Å². The monoisotopic (exact) mass is 626 g/mol. The number of ether oxygens (including phenoxy) is 2. The van der Waals surface area contributed by atoms with Gasteiger partial charge in [0.25, 0.3) is 5.78 Å². The van der Waals surface area contributed by atoms with E-state index in [0.717, 1.165) is 28.7 Å². The maximum absolute atomic E-state index is 13.5. The van der Waals surface area contributed by atoms with E-state index in [1.165, 1.54) is 4.90 Å². The number of unbranched alkanes of at least 4 members (excludes halogenated alkanes) is 1. The molecule has 3 aromatic rings. The lowest BCUT2D eigenvalue weighted by Gasteiger charge is -2.23. The van der Waals surface area contributed by atoms with Crippen LogP contribution in [0.2, 0.25) is 0 Å². The van der Waals surface area contributed by atoms with Gasteiger partial charge in [-0.25, -0.2) is 9.78 Å². The molecule has 1 aliphatic heterocycles. The lowest BCUT2D eigenvalue weighted by atomic mass is 9.95. The van der Waals surface area contributed by atoms with Gasteiger partial charge in [0.2, 0.25) is 0 Å². The van der Waals surface area contributed by atoms with Crippen molar-refractivity contribution in [2.75, 3.05) is 18.1 Å². The summed E-state index contributed by atoms with van der Waals surface area (Å²) < 4.78 is 11.9. The quantitative estimate of drug-likeness (QED) is 0.0864. The predicted octanol–water partition coefficient (Wildman–Crippen LogP) is 6.83. The van der Waals surface area contributed by atoms with E-state index in [0.29, 0.717) is 29.2 Å². The van der Waals surface area contributed by atoms with Gasteiger partial charge in [-0.2, -0.15) is 0 Å². The fourth-order valence-electron chi connectivity index (χ4n) is 4.17. The molecule has 40 heavy (non-hydrogen) atoms. The fraction of sp³-hybridized carbons (Fsp3) is 0.333. The first-order valence-corrected chi connectivity index (χ1v) is 14.7. The Morgan fingerprint density at radius 3 is 2.42 bits per heavy atom. The van der Waals surface area contributed by atoms with Gasteiger partial charge in [0.1, 0.15) is 16.4 Å². The van der Waals surface area contributed by atoms with E-state index in [1.807, 2.05) is 13.8 Å². The third-order valence-corrected chi connectivity index (χ3v) is 7.91. The highest BCUT2D eigenvalue weighted by atomic mass is 79.9. The van der Waals surface area contributed by atoms with Gasteiger partial charge < -0.3 is 14.6 Å². The zero-order chi connectivity index (χ0) is 29.0. The zero-order valence-corrected chi connectivity index (χ0v) is 25.2. The first-order valence-electron chi connectivity index (χ1n) is 13.1. The van der Waals surface area contributed by atoms with Gasteiger partial charge in [-0.15, -0.1) is 0 Å². The van der Waals surface area contributed by atoms with Crippen molar-refractivity contribution in [3.63, 3.8) is 0 Å². The van der Waals surface area contributed by atoms with Crippen LogP contribution in [0.5, 0.6) is 5.75 Å². The van der Waals surface area contributed by atoms with Crippen LogP contribution in [0.25, 0.3) is 5.76 Å². The molecular weight excluding hydrogens is 596 g/mol. The van der Waals surface area contributed by atoms with Crippen LogP contribution in [-0.2, 0) is 14.3 Å². The summed E-state index contributed by atoms with van der Waals surface area (Å²) in [7, 11) is 0. The molecule has 2 aromatic carbocycles. The molecule has 8 nitrogen and oxygen atoms in total. The molecule has 1 atom stereocenters. The number of amides is 1. The lowest BCUT2D eigenvalue weighted by molar-refractivity contribution is -0.132. The van der Waals surface area contributed by atoms with E-state index in [1.54, 1.807) is 55.5 Å². The number of benzene rings is 2. The number of aliphatic hydroxyl groups is 1. The number of thiazole rings is 1. The molecule has 1 fully saturated rings. The second-order valence-electron chi connectivity index (χ2n) is 9.85. The van der Waals surface area contributed by atoms with Crippen LogP contribution >= 0.6 is 27.3 Å². The summed E-state index contributed by atoms with van der Waals surface area (Å²) in [6.45, 7) is 8.43. The predicted molar refractivity (Wildman–Crippen MR) is 158 cm³/mol. The molecule has 1 unspecified atom stereocenters. The number of ketones is 1. The number of carbonyl (C=O) groups excluding carboxylic acids is 3. The minimum absolute atomic E-state index is 0.0660. The van der Waals surface area contributed by atoms with Crippen molar-refractivity contribution in [3.8, 4) is 5.75 Å². The van der Waals surface area contributed by atoms with Crippen molar-refractivity contribution >= 4 is 55.8 Å². The smallest absolute Gasteiger partial charge is 0.350 e.